The molecule has 0 heterocycles. The van der Waals surface area contributed by atoms with Gasteiger partial charge in [-0.05, 0) is 19.0 Å². The Labute approximate surface area is 126 Å². The van der Waals surface area contributed by atoms with Gasteiger partial charge in [0.1, 0.15) is 0 Å². The second kappa shape index (κ2) is 18.5. The van der Waals surface area contributed by atoms with Crippen LogP contribution in [0.1, 0.15) is 71.1 Å². The average Bonchev–Trinajstić information content (AvgIpc) is 2.47. The minimum Gasteiger partial charge on any atom is -0.390 e. The first kappa shape index (κ1) is 19.5. The normalized spacial score (nSPS) is 11.3. The lowest BCUT2D eigenvalue weighted by molar-refractivity contribution is 0.566. The van der Waals surface area contributed by atoms with Gasteiger partial charge in [-0.15, -0.1) is 0 Å². The molecule has 0 rings (SSSR count). The molecule has 0 radical (unpaired) electrons. The fourth-order valence-corrected chi connectivity index (χ4v) is 2.21. The van der Waals surface area contributed by atoms with E-state index < -0.39 is 0 Å². The van der Waals surface area contributed by atoms with Gasteiger partial charge in [-0.3, -0.25) is 0 Å². The van der Waals surface area contributed by atoms with Crippen LogP contribution < -0.4 is 16.4 Å². The van der Waals surface area contributed by atoms with Crippen molar-refractivity contribution < 1.29 is 0 Å². The summed E-state index contributed by atoms with van der Waals surface area (Å²) >= 11 is 0. The highest BCUT2D eigenvalue weighted by atomic mass is 14.9. The van der Waals surface area contributed by atoms with Crippen LogP contribution in [0.3, 0.4) is 0 Å². The number of nitrogens with one attached hydrogen (secondary N) is 2. The molecule has 0 saturated heterocycles. The van der Waals surface area contributed by atoms with Gasteiger partial charge in [-0.2, -0.15) is 0 Å². The first-order chi connectivity index (χ1) is 9.91. The third kappa shape index (κ3) is 17.5. The molecule has 0 aromatic carbocycles. The number of rotatable bonds is 16. The predicted molar refractivity (Wildman–Crippen MR) is 90.9 cm³/mol. The van der Waals surface area contributed by atoms with Crippen LogP contribution in [-0.2, 0) is 0 Å². The number of allylic oxidation sites excluding steroid dienone is 1. The lowest BCUT2D eigenvalue weighted by Gasteiger charge is -2.02. The molecule has 0 atom stereocenters. The van der Waals surface area contributed by atoms with Crippen LogP contribution in [-0.4, -0.2) is 26.2 Å². The zero-order chi connectivity index (χ0) is 14.7. The summed E-state index contributed by atoms with van der Waals surface area (Å²) in [6, 6.07) is 0. The zero-order valence-corrected chi connectivity index (χ0v) is 13.6. The molecule has 3 heteroatoms. The summed E-state index contributed by atoms with van der Waals surface area (Å²) in [5.74, 6) is 0. The molecule has 0 unspecified atom stereocenters. The standard InChI is InChI=1S/C17H37N3/c1-2-3-4-5-6-7-8-9-10-11-12-14-19-16-17-20-15-13-18/h12,14,19-20H,2-11,13,15-18H2,1H3. The molecule has 20 heavy (non-hydrogen) atoms. The molecule has 0 aliphatic heterocycles. The summed E-state index contributed by atoms with van der Waals surface area (Å²) in [5, 5.41) is 6.55. The molecular formula is C17H37N3. The van der Waals surface area contributed by atoms with Gasteiger partial charge < -0.3 is 16.4 Å². The Morgan fingerprint density at radius 1 is 0.800 bits per heavy atom. The molecule has 0 aromatic rings. The highest BCUT2D eigenvalue weighted by Crippen LogP contribution is 2.10. The molecule has 0 fully saturated rings. The van der Waals surface area contributed by atoms with Crippen molar-refractivity contribution in [3.63, 3.8) is 0 Å². The molecule has 120 valence electrons. The van der Waals surface area contributed by atoms with Gasteiger partial charge in [0.05, 0.1) is 0 Å². The molecule has 0 amide bonds. The van der Waals surface area contributed by atoms with E-state index in [0.717, 1.165) is 19.6 Å². The minimum absolute atomic E-state index is 0.717. The van der Waals surface area contributed by atoms with Crippen LogP contribution in [0.4, 0.5) is 0 Å². The second-order valence-corrected chi connectivity index (χ2v) is 5.51. The van der Waals surface area contributed by atoms with E-state index in [-0.39, 0.29) is 0 Å². The third-order valence-corrected chi connectivity index (χ3v) is 3.48. The van der Waals surface area contributed by atoms with Crippen LogP contribution in [0.5, 0.6) is 0 Å². The van der Waals surface area contributed by atoms with E-state index >= 15 is 0 Å². The van der Waals surface area contributed by atoms with E-state index in [0.29, 0.717) is 6.54 Å². The number of unbranched alkanes of at least 4 members (excludes halogenated alkanes) is 9. The number of hydrogen-bond donors (Lipinski definition) is 3. The van der Waals surface area contributed by atoms with Gasteiger partial charge in [0.25, 0.3) is 0 Å². The van der Waals surface area contributed by atoms with Crippen LogP contribution in [0.2, 0.25) is 0 Å². The van der Waals surface area contributed by atoms with E-state index in [1.165, 1.54) is 64.2 Å². The molecule has 0 aromatic heterocycles. The third-order valence-electron chi connectivity index (χ3n) is 3.48. The van der Waals surface area contributed by atoms with Gasteiger partial charge in [-0.1, -0.05) is 64.4 Å². The summed E-state index contributed by atoms with van der Waals surface area (Å²) in [5.41, 5.74) is 5.39. The van der Waals surface area contributed by atoms with Crippen LogP contribution in [0, 0.1) is 0 Å². The zero-order valence-electron chi connectivity index (χ0n) is 13.6. The Kier molecular flexibility index (Phi) is 18.0. The van der Waals surface area contributed by atoms with Gasteiger partial charge in [0.15, 0.2) is 0 Å². The van der Waals surface area contributed by atoms with Gasteiger partial charge >= 0.3 is 0 Å². The fourth-order valence-electron chi connectivity index (χ4n) is 2.21. The van der Waals surface area contributed by atoms with Crippen molar-refractivity contribution in [2.45, 2.75) is 71.1 Å². The van der Waals surface area contributed by atoms with Crippen molar-refractivity contribution in [2.24, 2.45) is 5.73 Å². The van der Waals surface area contributed by atoms with E-state index in [4.69, 9.17) is 5.73 Å². The molecule has 3 nitrogen and oxygen atoms in total. The second-order valence-electron chi connectivity index (χ2n) is 5.51. The topological polar surface area (TPSA) is 50.1 Å². The van der Waals surface area contributed by atoms with Crippen LogP contribution >= 0.6 is 0 Å². The number of hydrogen-bond acceptors (Lipinski definition) is 3. The summed E-state index contributed by atoms with van der Waals surface area (Å²) in [6.45, 7) is 5.87. The van der Waals surface area contributed by atoms with Crippen molar-refractivity contribution in [3.05, 3.63) is 12.3 Å². The van der Waals surface area contributed by atoms with E-state index in [9.17, 15) is 0 Å². The first-order valence-corrected chi connectivity index (χ1v) is 8.71. The van der Waals surface area contributed by atoms with Crippen molar-refractivity contribution in [1.82, 2.24) is 10.6 Å². The Morgan fingerprint density at radius 2 is 1.45 bits per heavy atom. The molecule has 0 saturated carbocycles. The quantitative estimate of drug-likeness (QED) is 0.380. The lowest BCUT2D eigenvalue weighted by atomic mass is 10.1. The molecule has 0 aliphatic carbocycles. The smallest absolute Gasteiger partial charge is 0.0266 e. The molecule has 0 bridgehead atoms. The fraction of sp³-hybridized carbons (Fsp3) is 0.882. The molecule has 0 aliphatic rings. The van der Waals surface area contributed by atoms with Crippen molar-refractivity contribution >= 4 is 0 Å². The SMILES string of the molecule is CCCCCCCCCCCC=CNCCNCCN. The molecular weight excluding hydrogens is 246 g/mol. The minimum atomic E-state index is 0.717. The summed E-state index contributed by atoms with van der Waals surface area (Å²) in [4.78, 5) is 0. The summed E-state index contributed by atoms with van der Waals surface area (Å²) < 4.78 is 0. The summed E-state index contributed by atoms with van der Waals surface area (Å²) in [7, 11) is 0. The van der Waals surface area contributed by atoms with Crippen LogP contribution in [0.25, 0.3) is 0 Å². The number of nitrogens with two attached hydrogens (primary N) is 1. The van der Waals surface area contributed by atoms with Gasteiger partial charge in [-0.25, -0.2) is 0 Å². The van der Waals surface area contributed by atoms with Gasteiger partial charge in [0, 0.05) is 26.2 Å². The Hall–Kier alpha value is -0.540. The van der Waals surface area contributed by atoms with E-state index in [1.54, 1.807) is 0 Å². The molecule has 4 N–H and O–H groups in total. The maximum Gasteiger partial charge on any atom is 0.0266 e. The van der Waals surface area contributed by atoms with E-state index in [2.05, 4.69) is 29.8 Å². The first-order valence-electron chi connectivity index (χ1n) is 8.71. The Bertz CT molecular complexity index is 193. The van der Waals surface area contributed by atoms with E-state index in [1.807, 2.05) is 0 Å². The maximum atomic E-state index is 5.39. The average molecular weight is 284 g/mol. The largest absolute Gasteiger partial charge is 0.390 e. The monoisotopic (exact) mass is 283 g/mol. The Balaban J connectivity index is 3.01. The summed E-state index contributed by atoms with van der Waals surface area (Å²) in [6.07, 6.45) is 18.2. The highest BCUT2D eigenvalue weighted by Gasteiger charge is 1.91. The van der Waals surface area contributed by atoms with Crippen molar-refractivity contribution in [1.29, 1.82) is 0 Å². The van der Waals surface area contributed by atoms with Crippen LogP contribution in [0.15, 0.2) is 12.3 Å². The maximum absolute atomic E-state index is 5.39. The van der Waals surface area contributed by atoms with Crippen molar-refractivity contribution in [3.8, 4) is 0 Å². The molecule has 0 spiro atoms. The predicted octanol–water partition coefficient (Wildman–Crippen LogP) is 3.56. The van der Waals surface area contributed by atoms with Gasteiger partial charge in [0.2, 0.25) is 0 Å². The van der Waals surface area contributed by atoms with Crippen molar-refractivity contribution in [2.75, 3.05) is 26.2 Å². The highest BCUT2D eigenvalue weighted by molar-refractivity contribution is 4.79. The lowest BCUT2D eigenvalue weighted by Crippen LogP contribution is -2.28. The Morgan fingerprint density at radius 3 is 2.10 bits per heavy atom.